The van der Waals surface area contributed by atoms with E-state index < -0.39 is 9.84 Å². The minimum Gasteiger partial charge on any atom is -0.497 e. The van der Waals surface area contributed by atoms with Gasteiger partial charge in [0.2, 0.25) is 0 Å². The zero-order valence-corrected chi connectivity index (χ0v) is 14.4. The van der Waals surface area contributed by atoms with Crippen LogP contribution in [0.5, 0.6) is 11.5 Å². The van der Waals surface area contributed by atoms with Crippen LogP contribution in [0, 0.1) is 5.41 Å². The van der Waals surface area contributed by atoms with E-state index in [1.54, 1.807) is 38.6 Å². The van der Waals surface area contributed by atoms with E-state index >= 15 is 0 Å². The zero-order chi connectivity index (χ0) is 16.6. The van der Waals surface area contributed by atoms with Gasteiger partial charge >= 0.3 is 0 Å². The standard InChI is InChI=1S/C14H17N3O4S2/c1-20-10-3-4-12(21-2)9(5-10)6-16-17-11-7-23(18,19)8-13(11)22-14(17)15/h3-6,11,13,15H,7-8H2,1-2H3/b15-14?,16-6+/t11-,13+/m0/s1. The Bertz CT molecular complexity index is 763. The lowest BCUT2D eigenvalue weighted by Crippen LogP contribution is -2.32. The summed E-state index contributed by atoms with van der Waals surface area (Å²) in [6.45, 7) is 0. The molecule has 0 saturated carbocycles. The van der Waals surface area contributed by atoms with E-state index in [1.165, 1.54) is 16.8 Å². The smallest absolute Gasteiger partial charge is 0.177 e. The molecule has 0 aromatic heterocycles. The third-order valence-electron chi connectivity index (χ3n) is 3.82. The molecule has 7 nitrogen and oxygen atoms in total. The molecule has 2 aliphatic heterocycles. The number of methoxy groups -OCH3 is 2. The molecule has 2 atom stereocenters. The molecule has 0 aliphatic carbocycles. The Labute approximate surface area is 139 Å². The third-order valence-corrected chi connectivity index (χ3v) is 6.94. The highest BCUT2D eigenvalue weighted by molar-refractivity contribution is 8.15. The number of thioether (sulfide) groups is 1. The molecule has 2 fully saturated rings. The van der Waals surface area contributed by atoms with Gasteiger partial charge < -0.3 is 9.47 Å². The highest BCUT2D eigenvalue weighted by Gasteiger charge is 2.48. The van der Waals surface area contributed by atoms with Crippen LogP contribution in [0.3, 0.4) is 0 Å². The van der Waals surface area contributed by atoms with Crippen molar-refractivity contribution in [3.63, 3.8) is 0 Å². The maximum absolute atomic E-state index is 11.8. The predicted octanol–water partition coefficient (Wildman–Crippen LogP) is 1.19. The lowest BCUT2D eigenvalue weighted by molar-refractivity contribution is 0.375. The molecule has 1 N–H and O–H groups in total. The van der Waals surface area contributed by atoms with Gasteiger partial charge in [-0.3, -0.25) is 5.41 Å². The van der Waals surface area contributed by atoms with E-state index in [1.807, 2.05) is 0 Å². The number of ether oxygens (including phenoxy) is 2. The van der Waals surface area contributed by atoms with Crippen molar-refractivity contribution >= 4 is 33.0 Å². The van der Waals surface area contributed by atoms with Crippen molar-refractivity contribution in [1.82, 2.24) is 5.01 Å². The minimum absolute atomic E-state index is 0.0413. The number of rotatable bonds is 4. The first-order chi connectivity index (χ1) is 10.9. The third kappa shape index (κ3) is 3.16. The molecule has 124 valence electrons. The summed E-state index contributed by atoms with van der Waals surface area (Å²) in [6.07, 6.45) is 1.57. The SMILES string of the molecule is COc1ccc(OC)c(/C=N/N2C(=N)S[C@@H]3CS(=O)(=O)C[C@@H]32)c1. The van der Waals surface area contributed by atoms with Gasteiger partial charge in [0.15, 0.2) is 15.0 Å². The van der Waals surface area contributed by atoms with Crippen molar-refractivity contribution in [2.45, 2.75) is 11.3 Å². The van der Waals surface area contributed by atoms with Gasteiger partial charge in [-0.05, 0) is 18.2 Å². The van der Waals surface area contributed by atoms with Crippen molar-refractivity contribution in [3.8, 4) is 11.5 Å². The fourth-order valence-corrected chi connectivity index (χ4v) is 6.40. The second kappa shape index (κ2) is 6.04. The molecule has 2 aliphatic rings. The number of hydrogen-bond acceptors (Lipinski definition) is 7. The molecule has 0 bridgehead atoms. The largest absolute Gasteiger partial charge is 0.497 e. The average molecular weight is 355 g/mol. The van der Waals surface area contributed by atoms with Crippen LogP contribution in [0.25, 0.3) is 0 Å². The van der Waals surface area contributed by atoms with Crippen LogP contribution < -0.4 is 9.47 Å². The van der Waals surface area contributed by atoms with Crippen LogP contribution in [0.1, 0.15) is 5.56 Å². The van der Waals surface area contributed by atoms with E-state index in [9.17, 15) is 8.42 Å². The molecule has 9 heteroatoms. The Balaban J connectivity index is 1.86. The van der Waals surface area contributed by atoms with Gasteiger partial charge in [-0.25, -0.2) is 13.4 Å². The van der Waals surface area contributed by atoms with Crippen LogP contribution >= 0.6 is 11.8 Å². The number of sulfone groups is 1. The highest BCUT2D eigenvalue weighted by atomic mass is 32.2. The maximum atomic E-state index is 11.8. The summed E-state index contributed by atoms with van der Waals surface area (Å²) in [5, 5.41) is 14.0. The topological polar surface area (TPSA) is 92.1 Å². The molecule has 1 aromatic rings. The molecule has 0 radical (unpaired) electrons. The van der Waals surface area contributed by atoms with Crippen LogP contribution in [0.4, 0.5) is 0 Å². The van der Waals surface area contributed by atoms with Crippen molar-refractivity contribution in [2.24, 2.45) is 5.10 Å². The minimum atomic E-state index is -3.05. The Morgan fingerprint density at radius 1 is 1.35 bits per heavy atom. The first kappa shape index (κ1) is 16.1. The van der Waals surface area contributed by atoms with Crippen LogP contribution in [-0.4, -0.2) is 61.8 Å². The van der Waals surface area contributed by atoms with Crippen LogP contribution in [0.2, 0.25) is 0 Å². The molecular formula is C14H17N3O4S2. The van der Waals surface area contributed by atoms with Crippen LogP contribution in [-0.2, 0) is 9.84 Å². The Hall–Kier alpha value is -1.74. The van der Waals surface area contributed by atoms with Gasteiger partial charge in [-0.2, -0.15) is 5.10 Å². The van der Waals surface area contributed by atoms with Gasteiger partial charge in [-0.1, -0.05) is 11.8 Å². The first-order valence-corrected chi connectivity index (χ1v) is 9.64. The van der Waals surface area contributed by atoms with Gasteiger partial charge in [0.25, 0.3) is 0 Å². The lowest BCUT2D eigenvalue weighted by Gasteiger charge is -2.17. The summed E-state index contributed by atoms with van der Waals surface area (Å²) in [5.74, 6) is 1.45. The Morgan fingerprint density at radius 3 is 2.83 bits per heavy atom. The second-order valence-corrected chi connectivity index (χ2v) is 8.68. The van der Waals surface area contributed by atoms with E-state index in [4.69, 9.17) is 14.9 Å². The molecule has 23 heavy (non-hydrogen) atoms. The number of hydrogen-bond donors (Lipinski definition) is 1. The van der Waals surface area contributed by atoms with Crippen molar-refractivity contribution in [3.05, 3.63) is 23.8 Å². The van der Waals surface area contributed by atoms with Crippen molar-refractivity contribution in [1.29, 1.82) is 5.41 Å². The van der Waals surface area contributed by atoms with Gasteiger partial charge in [0.1, 0.15) is 11.5 Å². The van der Waals surface area contributed by atoms with E-state index in [-0.39, 0.29) is 28.0 Å². The molecule has 2 saturated heterocycles. The Morgan fingerprint density at radius 2 is 2.13 bits per heavy atom. The molecule has 1 aromatic carbocycles. The van der Waals surface area contributed by atoms with Crippen molar-refractivity contribution in [2.75, 3.05) is 25.7 Å². The predicted molar refractivity (Wildman–Crippen MR) is 90.5 cm³/mol. The summed E-state index contributed by atoms with van der Waals surface area (Å²) in [5.41, 5.74) is 0.703. The number of nitrogens with zero attached hydrogens (tertiary/aromatic N) is 2. The number of nitrogens with one attached hydrogen (secondary N) is 1. The molecule has 0 spiro atoms. The first-order valence-electron chi connectivity index (χ1n) is 6.94. The normalized spacial score (nSPS) is 25.8. The monoisotopic (exact) mass is 355 g/mol. The van der Waals surface area contributed by atoms with Crippen molar-refractivity contribution < 1.29 is 17.9 Å². The highest BCUT2D eigenvalue weighted by Crippen LogP contribution is 2.37. The van der Waals surface area contributed by atoms with Gasteiger partial charge in [0.05, 0.1) is 38.0 Å². The summed E-state index contributed by atoms with van der Waals surface area (Å²) in [6, 6.07) is 5.06. The van der Waals surface area contributed by atoms with E-state index in [0.29, 0.717) is 17.1 Å². The molecule has 3 rings (SSSR count). The Kier molecular flexibility index (Phi) is 4.24. The van der Waals surface area contributed by atoms with Crippen LogP contribution in [0.15, 0.2) is 23.3 Å². The van der Waals surface area contributed by atoms with E-state index in [0.717, 1.165) is 0 Å². The maximum Gasteiger partial charge on any atom is 0.177 e. The van der Waals surface area contributed by atoms with E-state index in [2.05, 4.69) is 5.10 Å². The average Bonchev–Trinajstić information content (AvgIpc) is 2.95. The molecule has 0 unspecified atom stereocenters. The second-order valence-electron chi connectivity index (χ2n) is 5.30. The molecule has 0 amide bonds. The summed E-state index contributed by atoms with van der Waals surface area (Å²) in [7, 11) is 0.0889. The molecule has 2 heterocycles. The van der Waals surface area contributed by atoms with Gasteiger partial charge in [0, 0.05) is 10.8 Å². The number of amidine groups is 1. The quantitative estimate of drug-likeness (QED) is 0.816. The number of fused-ring (bicyclic) bond motifs is 1. The number of benzene rings is 1. The fourth-order valence-electron chi connectivity index (χ4n) is 2.69. The lowest BCUT2D eigenvalue weighted by atomic mass is 10.2. The number of hydrazone groups is 1. The molecular weight excluding hydrogens is 338 g/mol. The summed E-state index contributed by atoms with van der Waals surface area (Å²) < 4.78 is 34.0. The fraction of sp³-hybridized carbons (Fsp3) is 0.429. The summed E-state index contributed by atoms with van der Waals surface area (Å²) >= 11 is 1.26. The zero-order valence-electron chi connectivity index (χ0n) is 12.7. The summed E-state index contributed by atoms with van der Waals surface area (Å²) in [4.78, 5) is 0. The van der Waals surface area contributed by atoms with Gasteiger partial charge in [-0.15, -0.1) is 0 Å².